The number of carbonyl (C=O) groups excluding carboxylic acids is 1. The lowest BCUT2D eigenvalue weighted by atomic mass is 10.2. The molecule has 1 atom stereocenters. The minimum Gasteiger partial charge on any atom is -0.376 e. The summed E-state index contributed by atoms with van der Waals surface area (Å²) in [5, 5.41) is 4.48. The first-order valence-electron chi connectivity index (χ1n) is 9.51. The van der Waals surface area contributed by atoms with Crippen LogP contribution in [0.2, 0.25) is 10.0 Å². The minimum atomic E-state index is -0.291. The minimum absolute atomic E-state index is 0.0271. The maximum Gasteiger partial charge on any atom is 0.262 e. The molecule has 4 rings (SSSR count). The zero-order valence-corrected chi connectivity index (χ0v) is 18.3. The predicted molar refractivity (Wildman–Crippen MR) is 121 cm³/mol. The fourth-order valence-electron chi connectivity index (χ4n) is 3.33. The number of benzene rings is 2. The number of amides is 1. The summed E-state index contributed by atoms with van der Waals surface area (Å²) in [5.41, 5.74) is 0.839. The normalized spacial score (nSPS) is 16.1. The highest BCUT2D eigenvalue weighted by Gasteiger charge is 2.21. The van der Waals surface area contributed by atoms with Gasteiger partial charge >= 0.3 is 0 Å². The van der Waals surface area contributed by atoms with Gasteiger partial charge in [0.1, 0.15) is 0 Å². The van der Waals surface area contributed by atoms with Gasteiger partial charge in [-0.25, -0.2) is 4.98 Å². The van der Waals surface area contributed by atoms with Crippen LogP contribution in [0.4, 0.5) is 5.69 Å². The van der Waals surface area contributed by atoms with E-state index in [1.54, 1.807) is 34.9 Å². The van der Waals surface area contributed by atoms with Gasteiger partial charge in [-0.1, -0.05) is 53.2 Å². The zero-order chi connectivity index (χ0) is 21.1. The van der Waals surface area contributed by atoms with Gasteiger partial charge in [-0.05, 0) is 37.1 Å². The van der Waals surface area contributed by atoms with Crippen LogP contribution in [0.1, 0.15) is 12.8 Å². The quantitative estimate of drug-likeness (QED) is 0.426. The number of para-hydroxylation sites is 2. The molecule has 156 valence electrons. The number of aromatic nitrogens is 2. The summed E-state index contributed by atoms with van der Waals surface area (Å²) in [6.45, 7) is 1.11. The SMILES string of the molecule is O=C(CSc1nc2ccccc2c(=O)n1CC1CCCO1)Nc1c(Cl)cccc1Cl. The van der Waals surface area contributed by atoms with Crippen LogP contribution < -0.4 is 10.9 Å². The molecule has 1 amide bonds. The Kier molecular flexibility index (Phi) is 6.63. The number of carbonyl (C=O) groups is 1. The van der Waals surface area contributed by atoms with Gasteiger partial charge in [0.2, 0.25) is 5.91 Å². The molecule has 1 aliphatic rings. The van der Waals surface area contributed by atoms with Crippen LogP contribution in [0.25, 0.3) is 10.9 Å². The van der Waals surface area contributed by atoms with E-state index in [-0.39, 0.29) is 23.3 Å². The highest BCUT2D eigenvalue weighted by Crippen LogP contribution is 2.30. The van der Waals surface area contributed by atoms with E-state index in [9.17, 15) is 9.59 Å². The molecule has 0 saturated carbocycles. The number of halogens is 2. The molecule has 0 aliphatic carbocycles. The number of rotatable bonds is 6. The molecule has 30 heavy (non-hydrogen) atoms. The molecule has 0 radical (unpaired) electrons. The van der Waals surface area contributed by atoms with Crippen molar-refractivity contribution in [1.82, 2.24) is 9.55 Å². The average molecular weight is 464 g/mol. The van der Waals surface area contributed by atoms with Gasteiger partial charge in [0, 0.05) is 6.61 Å². The first-order chi connectivity index (χ1) is 14.5. The van der Waals surface area contributed by atoms with Crippen molar-refractivity contribution in [2.45, 2.75) is 30.6 Å². The molecular formula is C21H19Cl2N3O3S. The molecule has 2 aromatic carbocycles. The first kappa shape index (κ1) is 21.2. The second kappa shape index (κ2) is 9.39. The third-order valence-corrected chi connectivity index (χ3v) is 6.40. The maximum absolute atomic E-state index is 13.1. The van der Waals surface area contributed by atoms with Crippen molar-refractivity contribution < 1.29 is 9.53 Å². The molecule has 1 fully saturated rings. The van der Waals surface area contributed by atoms with E-state index in [4.69, 9.17) is 27.9 Å². The van der Waals surface area contributed by atoms with Gasteiger partial charge < -0.3 is 10.1 Å². The van der Waals surface area contributed by atoms with E-state index in [1.807, 2.05) is 12.1 Å². The topological polar surface area (TPSA) is 73.2 Å². The number of anilines is 1. The third-order valence-electron chi connectivity index (χ3n) is 4.80. The molecule has 1 aliphatic heterocycles. The third kappa shape index (κ3) is 4.64. The molecule has 1 saturated heterocycles. The van der Waals surface area contributed by atoms with Gasteiger partial charge in [-0.3, -0.25) is 14.2 Å². The van der Waals surface area contributed by atoms with E-state index >= 15 is 0 Å². The second-order valence-corrected chi connectivity index (χ2v) is 8.65. The van der Waals surface area contributed by atoms with Crippen LogP contribution >= 0.6 is 35.0 Å². The van der Waals surface area contributed by atoms with Crippen molar-refractivity contribution in [2.75, 3.05) is 17.7 Å². The highest BCUT2D eigenvalue weighted by atomic mass is 35.5. The van der Waals surface area contributed by atoms with Crippen LogP contribution in [-0.4, -0.2) is 33.9 Å². The number of hydrogen-bond donors (Lipinski definition) is 1. The predicted octanol–water partition coefficient (Wildman–Crippen LogP) is 4.61. The van der Waals surface area contributed by atoms with Crippen molar-refractivity contribution >= 4 is 57.5 Å². The summed E-state index contributed by atoms with van der Waals surface area (Å²) < 4.78 is 7.31. The summed E-state index contributed by atoms with van der Waals surface area (Å²) in [6, 6.07) is 12.2. The fraction of sp³-hybridized carbons (Fsp3) is 0.286. The molecule has 9 heteroatoms. The van der Waals surface area contributed by atoms with Crippen molar-refractivity contribution in [3.05, 3.63) is 62.9 Å². The van der Waals surface area contributed by atoms with Crippen LogP contribution in [0.3, 0.4) is 0 Å². The number of thioether (sulfide) groups is 1. The van der Waals surface area contributed by atoms with E-state index in [1.165, 1.54) is 11.8 Å². The Hall–Kier alpha value is -2.06. The molecular weight excluding hydrogens is 445 g/mol. The number of fused-ring (bicyclic) bond motifs is 1. The second-order valence-electron chi connectivity index (χ2n) is 6.90. The maximum atomic E-state index is 13.1. The molecule has 2 heterocycles. The first-order valence-corrected chi connectivity index (χ1v) is 11.2. The monoisotopic (exact) mass is 463 g/mol. The van der Waals surface area contributed by atoms with E-state index in [2.05, 4.69) is 10.3 Å². The fourth-order valence-corrected chi connectivity index (χ4v) is 4.63. The lowest BCUT2D eigenvalue weighted by Gasteiger charge is -2.16. The van der Waals surface area contributed by atoms with Gasteiger partial charge in [0.25, 0.3) is 5.56 Å². The Bertz CT molecular complexity index is 1130. The zero-order valence-electron chi connectivity index (χ0n) is 15.9. The van der Waals surface area contributed by atoms with Crippen molar-refractivity contribution in [3.63, 3.8) is 0 Å². The molecule has 1 N–H and O–H groups in total. The van der Waals surface area contributed by atoms with Gasteiger partial charge in [0.05, 0.1) is 45.0 Å². The van der Waals surface area contributed by atoms with Crippen LogP contribution in [0, 0.1) is 0 Å². The van der Waals surface area contributed by atoms with Crippen LogP contribution in [0.15, 0.2) is 52.4 Å². The lowest BCUT2D eigenvalue weighted by molar-refractivity contribution is -0.113. The Morgan fingerprint density at radius 2 is 1.97 bits per heavy atom. The smallest absolute Gasteiger partial charge is 0.262 e. The molecule has 0 spiro atoms. The summed E-state index contributed by atoms with van der Waals surface area (Å²) in [6.07, 6.45) is 1.85. The van der Waals surface area contributed by atoms with Gasteiger partial charge in [-0.2, -0.15) is 0 Å². The summed E-state index contributed by atoms with van der Waals surface area (Å²) in [4.78, 5) is 30.2. The van der Waals surface area contributed by atoms with E-state index < -0.39 is 0 Å². The van der Waals surface area contributed by atoms with E-state index in [0.717, 1.165) is 12.8 Å². The van der Waals surface area contributed by atoms with Gasteiger partial charge in [-0.15, -0.1) is 0 Å². The number of nitrogens with one attached hydrogen (secondary N) is 1. The number of nitrogens with zero attached hydrogens (tertiary/aromatic N) is 2. The molecule has 1 unspecified atom stereocenters. The van der Waals surface area contributed by atoms with E-state index in [0.29, 0.717) is 44.9 Å². The van der Waals surface area contributed by atoms with Gasteiger partial charge in [0.15, 0.2) is 5.16 Å². The Labute approximate surface area is 187 Å². The Morgan fingerprint density at radius 1 is 1.20 bits per heavy atom. The lowest BCUT2D eigenvalue weighted by Crippen LogP contribution is -2.29. The standard InChI is InChI=1S/C21H19Cl2N3O3S/c22-15-7-3-8-16(23)19(15)25-18(27)12-30-21-24-17-9-2-1-6-14(17)20(28)26(21)11-13-5-4-10-29-13/h1-3,6-9,13H,4-5,10-12H2,(H,25,27). The summed E-state index contributed by atoms with van der Waals surface area (Å²) >= 11 is 13.4. The molecule has 6 nitrogen and oxygen atoms in total. The highest BCUT2D eigenvalue weighted by molar-refractivity contribution is 7.99. The largest absolute Gasteiger partial charge is 0.376 e. The Morgan fingerprint density at radius 3 is 2.70 bits per heavy atom. The van der Waals surface area contributed by atoms with Crippen molar-refractivity contribution in [1.29, 1.82) is 0 Å². The van der Waals surface area contributed by atoms with Crippen LogP contribution in [0.5, 0.6) is 0 Å². The van der Waals surface area contributed by atoms with Crippen molar-refractivity contribution in [2.24, 2.45) is 0 Å². The van der Waals surface area contributed by atoms with Crippen LogP contribution in [-0.2, 0) is 16.1 Å². The molecule has 3 aromatic rings. The average Bonchev–Trinajstić information content (AvgIpc) is 3.25. The number of hydrogen-bond acceptors (Lipinski definition) is 5. The summed E-state index contributed by atoms with van der Waals surface area (Å²) in [5.74, 6) is -0.237. The Balaban J connectivity index is 1.57. The number of ether oxygens (including phenoxy) is 1. The molecule has 0 bridgehead atoms. The summed E-state index contributed by atoms with van der Waals surface area (Å²) in [7, 11) is 0. The molecule has 1 aromatic heterocycles. The van der Waals surface area contributed by atoms with Crippen molar-refractivity contribution in [3.8, 4) is 0 Å².